The summed E-state index contributed by atoms with van der Waals surface area (Å²) in [6, 6.07) is -0.175. The maximum absolute atomic E-state index is 11.3. The molecule has 102 valence electrons. The van der Waals surface area contributed by atoms with Gasteiger partial charge in [0.15, 0.2) is 0 Å². The zero-order valence-corrected chi connectivity index (χ0v) is 11.9. The Morgan fingerprint density at radius 2 is 1.76 bits per heavy atom. The third-order valence-electron chi connectivity index (χ3n) is 2.80. The zero-order valence-electron chi connectivity index (χ0n) is 11.9. The number of ether oxygens (including phenoxy) is 1. The molecule has 0 fully saturated rings. The van der Waals surface area contributed by atoms with E-state index in [1.54, 1.807) is 0 Å². The molecule has 3 nitrogen and oxygen atoms in total. The van der Waals surface area contributed by atoms with Gasteiger partial charge in [0, 0.05) is 0 Å². The van der Waals surface area contributed by atoms with E-state index >= 15 is 0 Å². The fourth-order valence-electron chi connectivity index (χ4n) is 1.70. The molecule has 0 radical (unpaired) electrons. The second kappa shape index (κ2) is 10.6. The summed E-state index contributed by atoms with van der Waals surface area (Å²) in [6.45, 7) is 9.59. The highest BCUT2D eigenvalue weighted by Gasteiger charge is 2.11. The predicted molar refractivity (Wildman–Crippen MR) is 72.0 cm³/mol. The Bertz CT molecular complexity index is 193. The summed E-state index contributed by atoms with van der Waals surface area (Å²) in [6.07, 6.45) is 6.34. The summed E-state index contributed by atoms with van der Waals surface area (Å²) in [5.41, 5.74) is 0. The van der Waals surface area contributed by atoms with Gasteiger partial charge >= 0.3 is 5.97 Å². The molecule has 0 saturated carbocycles. The van der Waals surface area contributed by atoms with Crippen LogP contribution < -0.4 is 5.32 Å². The standard InChI is InChI=1S/C14H29NO2/c1-5-17-14(16)13(4)15-11-9-7-6-8-10-12(2)3/h12-13,15H,5-11H2,1-4H3. The van der Waals surface area contributed by atoms with E-state index in [0.717, 1.165) is 18.9 Å². The highest BCUT2D eigenvalue weighted by Crippen LogP contribution is 2.08. The number of carbonyl (C=O) groups is 1. The van der Waals surface area contributed by atoms with E-state index in [1.807, 2.05) is 13.8 Å². The van der Waals surface area contributed by atoms with E-state index in [4.69, 9.17) is 4.74 Å². The molecule has 0 aliphatic rings. The number of nitrogens with one attached hydrogen (secondary N) is 1. The number of hydrogen-bond acceptors (Lipinski definition) is 3. The number of hydrogen-bond donors (Lipinski definition) is 1. The second-order valence-corrected chi connectivity index (χ2v) is 5.02. The molecule has 3 heteroatoms. The van der Waals surface area contributed by atoms with Crippen molar-refractivity contribution in [3.63, 3.8) is 0 Å². The first kappa shape index (κ1) is 16.4. The number of rotatable bonds is 10. The summed E-state index contributed by atoms with van der Waals surface area (Å²) >= 11 is 0. The van der Waals surface area contributed by atoms with Crippen LogP contribution in [0.3, 0.4) is 0 Å². The molecule has 0 saturated heterocycles. The van der Waals surface area contributed by atoms with Crippen LogP contribution in [0.5, 0.6) is 0 Å². The van der Waals surface area contributed by atoms with Gasteiger partial charge in [-0.3, -0.25) is 4.79 Å². The first-order valence-electron chi connectivity index (χ1n) is 6.98. The van der Waals surface area contributed by atoms with Gasteiger partial charge in [-0.1, -0.05) is 39.5 Å². The van der Waals surface area contributed by atoms with Crippen molar-refractivity contribution in [3.8, 4) is 0 Å². The maximum Gasteiger partial charge on any atom is 0.322 e. The first-order chi connectivity index (χ1) is 8.07. The van der Waals surface area contributed by atoms with E-state index in [2.05, 4.69) is 19.2 Å². The van der Waals surface area contributed by atoms with Gasteiger partial charge in [-0.2, -0.15) is 0 Å². The minimum atomic E-state index is -0.175. The smallest absolute Gasteiger partial charge is 0.322 e. The fourth-order valence-corrected chi connectivity index (χ4v) is 1.70. The first-order valence-corrected chi connectivity index (χ1v) is 6.98. The van der Waals surface area contributed by atoms with Crippen LogP contribution in [0.15, 0.2) is 0 Å². The Morgan fingerprint density at radius 3 is 2.35 bits per heavy atom. The van der Waals surface area contributed by atoms with Crippen molar-refractivity contribution in [2.45, 2.75) is 65.8 Å². The van der Waals surface area contributed by atoms with Crippen LogP contribution in [0.1, 0.15) is 59.8 Å². The molecular formula is C14H29NO2. The van der Waals surface area contributed by atoms with Gasteiger partial charge in [0.1, 0.15) is 6.04 Å². The molecule has 17 heavy (non-hydrogen) atoms. The Morgan fingerprint density at radius 1 is 1.12 bits per heavy atom. The van der Waals surface area contributed by atoms with E-state index in [9.17, 15) is 4.79 Å². The molecule has 0 aliphatic heterocycles. The van der Waals surface area contributed by atoms with Gasteiger partial charge in [0.2, 0.25) is 0 Å². The molecule has 1 atom stereocenters. The SMILES string of the molecule is CCOC(=O)C(C)NCCCCCCC(C)C. The zero-order chi connectivity index (χ0) is 13.1. The van der Waals surface area contributed by atoms with Crippen LogP contribution in [-0.2, 0) is 9.53 Å². The van der Waals surface area contributed by atoms with Crippen LogP contribution in [0.25, 0.3) is 0 Å². The summed E-state index contributed by atoms with van der Waals surface area (Å²) in [7, 11) is 0. The lowest BCUT2D eigenvalue weighted by molar-refractivity contribution is -0.145. The van der Waals surface area contributed by atoms with E-state index in [0.29, 0.717) is 6.61 Å². The molecule has 0 rings (SSSR count). The third-order valence-corrected chi connectivity index (χ3v) is 2.80. The summed E-state index contributed by atoms with van der Waals surface area (Å²) in [4.78, 5) is 11.3. The van der Waals surface area contributed by atoms with Gasteiger partial charge in [-0.05, 0) is 32.7 Å². The van der Waals surface area contributed by atoms with Gasteiger partial charge < -0.3 is 10.1 Å². The number of carbonyl (C=O) groups excluding carboxylic acids is 1. The molecule has 0 aliphatic carbocycles. The molecular weight excluding hydrogens is 214 g/mol. The normalized spacial score (nSPS) is 12.8. The topological polar surface area (TPSA) is 38.3 Å². The van der Waals surface area contributed by atoms with Gasteiger partial charge in [0.25, 0.3) is 0 Å². The summed E-state index contributed by atoms with van der Waals surface area (Å²) in [5, 5.41) is 3.19. The van der Waals surface area contributed by atoms with Gasteiger partial charge in [0.05, 0.1) is 6.61 Å². The number of unbranched alkanes of at least 4 members (excludes halogenated alkanes) is 3. The van der Waals surface area contributed by atoms with Crippen molar-refractivity contribution in [1.29, 1.82) is 0 Å². The van der Waals surface area contributed by atoms with Crippen molar-refractivity contribution in [3.05, 3.63) is 0 Å². The molecule has 0 aromatic carbocycles. The molecule has 1 unspecified atom stereocenters. The third kappa shape index (κ3) is 10.3. The van der Waals surface area contributed by atoms with Crippen LogP contribution in [-0.4, -0.2) is 25.2 Å². The minimum Gasteiger partial charge on any atom is -0.465 e. The maximum atomic E-state index is 11.3. The largest absolute Gasteiger partial charge is 0.465 e. The second-order valence-electron chi connectivity index (χ2n) is 5.02. The van der Waals surface area contributed by atoms with Crippen LogP contribution in [0.4, 0.5) is 0 Å². The molecule has 0 heterocycles. The molecule has 0 aromatic heterocycles. The lowest BCUT2D eigenvalue weighted by Crippen LogP contribution is -2.35. The molecule has 0 amide bonds. The van der Waals surface area contributed by atoms with Crippen molar-refractivity contribution in [2.24, 2.45) is 5.92 Å². The van der Waals surface area contributed by atoms with Crippen molar-refractivity contribution in [1.82, 2.24) is 5.32 Å². The average molecular weight is 243 g/mol. The Hall–Kier alpha value is -0.570. The number of esters is 1. The van der Waals surface area contributed by atoms with Crippen LogP contribution in [0.2, 0.25) is 0 Å². The monoisotopic (exact) mass is 243 g/mol. The highest BCUT2D eigenvalue weighted by molar-refractivity contribution is 5.75. The van der Waals surface area contributed by atoms with Crippen molar-refractivity contribution >= 4 is 5.97 Å². The average Bonchev–Trinajstić information content (AvgIpc) is 2.27. The van der Waals surface area contributed by atoms with E-state index in [-0.39, 0.29) is 12.0 Å². The van der Waals surface area contributed by atoms with E-state index < -0.39 is 0 Å². The fraction of sp³-hybridized carbons (Fsp3) is 0.929. The minimum absolute atomic E-state index is 0.146. The Kier molecular flexibility index (Phi) is 10.2. The van der Waals surface area contributed by atoms with Gasteiger partial charge in [-0.15, -0.1) is 0 Å². The summed E-state index contributed by atoms with van der Waals surface area (Å²) in [5.74, 6) is 0.671. The van der Waals surface area contributed by atoms with Crippen molar-refractivity contribution < 1.29 is 9.53 Å². The molecule has 0 spiro atoms. The quantitative estimate of drug-likeness (QED) is 0.473. The van der Waals surface area contributed by atoms with Crippen molar-refractivity contribution in [2.75, 3.05) is 13.2 Å². The highest BCUT2D eigenvalue weighted by atomic mass is 16.5. The molecule has 0 aromatic rings. The Balaban J connectivity index is 3.30. The van der Waals surface area contributed by atoms with E-state index in [1.165, 1.54) is 25.7 Å². The lowest BCUT2D eigenvalue weighted by atomic mass is 10.0. The summed E-state index contributed by atoms with van der Waals surface area (Å²) < 4.78 is 4.92. The Labute approximate surface area is 106 Å². The predicted octanol–water partition coefficient (Wildman–Crippen LogP) is 3.13. The molecule has 0 bridgehead atoms. The molecule has 1 N–H and O–H groups in total. The lowest BCUT2D eigenvalue weighted by Gasteiger charge is -2.12. The van der Waals surface area contributed by atoms with Gasteiger partial charge in [-0.25, -0.2) is 0 Å². The van der Waals surface area contributed by atoms with Crippen LogP contribution in [0, 0.1) is 5.92 Å². The van der Waals surface area contributed by atoms with Crippen LogP contribution >= 0.6 is 0 Å².